The summed E-state index contributed by atoms with van der Waals surface area (Å²) < 4.78 is 116. The van der Waals surface area contributed by atoms with Gasteiger partial charge in [0.1, 0.15) is 28.8 Å². The molecule has 36 heavy (non-hydrogen) atoms. The lowest BCUT2D eigenvalue weighted by molar-refractivity contribution is -0.189. The van der Waals surface area contributed by atoms with Crippen molar-refractivity contribution in [2.24, 2.45) is 0 Å². The second-order valence-electron chi connectivity index (χ2n) is 7.70. The molecule has 0 saturated carbocycles. The summed E-state index contributed by atoms with van der Waals surface area (Å²) in [6.45, 7) is 5.42. The average molecular weight is 510 g/mol. The van der Waals surface area contributed by atoms with Gasteiger partial charge in [-0.3, -0.25) is 0 Å². The van der Waals surface area contributed by atoms with Crippen LogP contribution in [-0.2, 0) is 12.5 Å². The number of alkyl halides is 2. The minimum Gasteiger partial charge on any atom is -0.429 e. The summed E-state index contributed by atoms with van der Waals surface area (Å²) in [5.41, 5.74) is -1.02. The molecule has 0 amide bonds. The molecule has 3 aromatic carbocycles. The molecule has 0 radical (unpaired) electrons. The molecule has 0 heterocycles. The zero-order chi connectivity index (χ0) is 26.6. The standard InChI is InChI=1S/C27H18F8O/c1-3-5-15(2)6-4-7-16-8-9-19(20(28)10-16)17-11-21(29)25(22(30)12-17)27(34,35)36-18-13-23(31)26(33)24(32)14-18/h3-6,8-14H,1,7H2,2H3/b6-4-,15-5-. The lowest BCUT2D eigenvalue weighted by atomic mass is 9.99. The summed E-state index contributed by atoms with van der Waals surface area (Å²) in [6, 6.07) is 5.04. The van der Waals surface area contributed by atoms with Crippen molar-refractivity contribution >= 4 is 0 Å². The van der Waals surface area contributed by atoms with Crippen molar-refractivity contribution in [2.75, 3.05) is 0 Å². The first-order chi connectivity index (χ1) is 16.9. The first-order valence-corrected chi connectivity index (χ1v) is 10.4. The Bertz CT molecular complexity index is 1310. The van der Waals surface area contributed by atoms with Crippen molar-refractivity contribution in [3.8, 4) is 16.9 Å². The van der Waals surface area contributed by atoms with E-state index in [0.29, 0.717) is 24.1 Å². The predicted molar refractivity (Wildman–Crippen MR) is 119 cm³/mol. The Labute approximate surface area is 201 Å². The highest BCUT2D eigenvalue weighted by atomic mass is 19.3. The fourth-order valence-corrected chi connectivity index (χ4v) is 3.34. The van der Waals surface area contributed by atoms with Gasteiger partial charge in [0, 0.05) is 17.7 Å². The van der Waals surface area contributed by atoms with E-state index < -0.39 is 52.3 Å². The number of rotatable bonds is 8. The van der Waals surface area contributed by atoms with E-state index in [1.165, 1.54) is 12.1 Å². The highest BCUT2D eigenvalue weighted by molar-refractivity contribution is 5.65. The monoisotopic (exact) mass is 510 g/mol. The fourth-order valence-electron chi connectivity index (χ4n) is 3.34. The molecular weight excluding hydrogens is 492 g/mol. The molecule has 3 aromatic rings. The van der Waals surface area contributed by atoms with Gasteiger partial charge in [-0.2, -0.15) is 8.78 Å². The van der Waals surface area contributed by atoms with Crippen molar-refractivity contribution in [2.45, 2.75) is 19.5 Å². The minimum absolute atomic E-state index is 0.0969. The summed E-state index contributed by atoms with van der Waals surface area (Å²) in [6.07, 6.45) is 2.58. The summed E-state index contributed by atoms with van der Waals surface area (Å²) in [7, 11) is 0. The molecule has 0 unspecified atom stereocenters. The van der Waals surface area contributed by atoms with E-state index in [4.69, 9.17) is 0 Å². The van der Waals surface area contributed by atoms with E-state index in [1.807, 2.05) is 6.92 Å². The number of ether oxygens (including phenoxy) is 1. The first kappa shape index (κ1) is 26.7. The van der Waals surface area contributed by atoms with E-state index in [0.717, 1.165) is 11.6 Å². The lowest BCUT2D eigenvalue weighted by Crippen LogP contribution is -2.25. The van der Waals surface area contributed by atoms with Gasteiger partial charge < -0.3 is 4.74 Å². The van der Waals surface area contributed by atoms with Crippen LogP contribution in [0.4, 0.5) is 35.1 Å². The Morgan fingerprint density at radius 3 is 2.03 bits per heavy atom. The second kappa shape index (κ2) is 10.8. The second-order valence-corrected chi connectivity index (χ2v) is 7.70. The van der Waals surface area contributed by atoms with Crippen LogP contribution in [0.2, 0.25) is 0 Å². The predicted octanol–water partition coefficient (Wildman–Crippen LogP) is 8.55. The molecule has 9 heteroatoms. The van der Waals surface area contributed by atoms with Crippen LogP contribution in [0.15, 0.2) is 78.9 Å². The minimum atomic E-state index is -4.74. The SMILES string of the molecule is C=C/C=C(C)\C=C/Cc1ccc(-c2cc(F)c(C(F)(F)Oc3cc(F)c(F)c(F)c3)c(F)c2)c(F)c1. The summed E-state index contributed by atoms with van der Waals surface area (Å²) in [5.74, 6) is -11.3. The van der Waals surface area contributed by atoms with Crippen LogP contribution in [0.3, 0.4) is 0 Å². The molecule has 0 aliphatic carbocycles. The van der Waals surface area contributed by atoms with Gasteiger partial charge in [0.15, 0.2) is 17.5 Å². The summed E-state index contributed by atoms with van der Waals surface area (Å²) in [5, 5.41) is 0. The van der Waals surface area contributed by atoms with Gasteiger partial charge in [-0.05, 0) is 42.7 Å². The van der Waals surface area contributed by atoms with E-state index in [9.17, 15) is 35.1 Å². The van der Waals surface area contributed by atoms with Gasteiger partial charge in [0.05, 0.1) is 0 Å². The number of hydrogen-bond donors (Lipinski definition) is 0. The van der Waals surface area contributed by atoms with Crippen LogP contribution in [0, 0.1) is 34.9 Å². The van der Waals surface area contributed by atoms with Crippen LogP contribution in [0.1, 0.15) is 18.1 Å². The number of benzene rings is 3. The van der Waals surface area contributed by atoms with Gasteiger partial charge in [-0.1, -0.05) is 48.6 Å². The van der Waals surface area contributed by atoms with E-state index in [-0.39, 0.29) is 23.3 Å². The van der Waals surface area contributed by atoms with Crippen LogP contribution >= 0.6 is 0 Å². The van der Waals surface area contributed by atoms with Crippen molar-refractivity contribution in [3.63, 3.8) is 0 Å². The van der Waals surface area contributed by atoms with E-state index in [2.05, 4.69) is 11.3 Å². The third-order valence-corrected chi connectivity index (χ3v) is 5.00. The summed E-state index contributed by atoms with van der Waals surface area (Å²) >= 11 is 0. The van der Waals surface area contributed by atoms with Crippen LogP contribution in [0.5, 0.6) is 5.75 Å². The fraction of sp³-hybridized carbons (Fsp3) is 0.111. The number of allylic oxidation sites excluding steroid dienone is 5. The summed E-state index contributed by atoms with van der Waals surface area (Å²) in [4.78, 5) is 0. The molecule has 0 N–H and O–H groups in total. The van der Waals surface area contributed by atoms with Crippen LogP contribution < -0.4 is 4.74 Å². The van der Waals surface area contributed by atoms with Gasteiger partial charge >= 0.3 is 6.11 Å². The Balaban J connectivity index is 1.88. The maximum atomic E-state index is 14.7. The van der Waals surface area contributed by atoms with Gasteiger partial charge in [0.25, 0.3) is 0 Å². The average Bonchev–Trinajstić information content (AvgIpc) is 2.76. The Morgan fingerprint density at radius 2 is 1.47 bits per heavy atom. The zero-order valence-corrected chi connectivity index (χ0v) is 18.7. The molecule has 0 fully saturated rings. The number of hydrogen-bond acceptors (Lipinski definition) is 1. The Hall–Kier alpha value is -3.88. The van der Waals surface area contributed by atoms with Crippen molar-refractivity contribution in [1.82, 2.24) is 0 Å². The van der Waals surface area contributed by atoms with Crippen LogP contribution in [-0.4, -0.2) is 0 Å². The molecule has 0 bridgehead atoms. The van der Waals surface area contributed by atoms with Gasteiger partial charge in [0.2, 0.25) is 0 Å². The van der Waals surface area contributed by atoms with Crippen molar-refractivity contribution in [3.05, 3.63) is 125 Å². The highest BCUT2D eigenvalue weighted by Crippen LogP contribution is 2.38. The third kappa shape index (κ3) is 6.02. The van der Waals surface area contributed by atoms with Crippen molar-refractivity contribution in [1.29, 1.82) is 0 Å². The smallest absolute Gasteiger partial charge is 0.429 e. The third-order valence-electron chi connectivity index (χ3n) is 5.00. The lowest BCUT2D eigenvalue weighted by Gasteiger charge is -2.20. The first-order valence-electron chi connectivity index (χ1n) is 10.4. The molecule has 0 saturated heterocycles. The molecule has 1 nitrogen and oxygen atoms in total. The highest BCUT2D eigenvalue weighted by Gasteiger charge is 2.41. The molecule has 0 aliphatic heterocycles. The van der Waals surface area contributed by atoms with Crippen LogP contribution in [0.25, 0.3) is 11.1 Å². The van der Waals surface area contributed by atoms with Gasteiger partial charge in [-0.25, -0.2) is 26.3 Å². The van der Waals surface area contributed by atoms with Crippen molar-refractivity contribution < 1.29 is 39.9 Å². The largest absolute Gasteiger partial charge is 0.432 e. The van der Waals surface area contributed by atoms with Gasteiger partial charge in [-0.15, -0.1) is 0 Å². The molecule has 188 valence electrons. The quantitative estimate of drug-likeness (QED) is 0.168. The molecular formula is C27H18F8O. The zero-order valence-electron chi connectivity index (χ0n) is 18.7. The molecule has 0 atom stereocenters. The van der Waals surface area contributed by atoms with E-state index in [1.54, 1.807) is 24.3 Å². The maximum absolute atomic E-state index is 14.7. The molecule has 0 aromatic heterocycles. The topological polar surface area (TPSA) is 9.23 Å². The maximum Gasteiger partial charge on any atom is 0.432 e. The molecule has 0 spiro atoms. The molecule has 3 rings (SSSR count). The number of halogens is 8. The Kier molecular flexibility index (Phi) is 8.02. The normalized spacial score (nSPS) is 12.3. The molecule has 0 aliphatic rings. The Morgan fingerprint density at radius 1 is 0.861 bits per heavy atom. The van der Waals surface area contributed by atoms with E-state index >= 15 is 0 Å².